The molecule has 0 spiro atoms. The van der Waals surface area contributed by atoms with Crippen molar-refractivity contribution in [3.05, 3.63) is 54.1 Å². The number of hydrogen-bond donors (Lipinski definition) is 1. The van der Waals surface area contributed by atoms with Crippen LogP contribution in [0.1, 0.15) is 5.56 Å². The van der Waals surface area contributed by atoms with E-state index in [0.29, 0.717) is 5.69 Å². The van der Waals surface area contributed by atoms with Gasteiger partial charge < -0.3 is 5.73 Å². The largest absolute Gasteiger partial charge is 0.397 e. The molecule has 4 nitrogen and oxygen atoms in total. The van der Waals surface area contributed by atoms with Crippen LogP contribution < -0.4 is 5.73 Å². The van der Waals surface area contributed by atoms with E-state index in [4.69, 9.17) is 5.73 Å². The van der Waals surface area contributed by atoms with E-state index in [1.807, 2.05) is 36.4 Å². The van der Waals surface area contributed by atoms with Crippen molar-refractivity contribution in [2.24, 2.45) is 0 Å². The van der Waals surface area contributed by atoms with Crippen molar-refractivity contribution < 1.29 is 8.42 Å². The first-order chi connectivity index (χ1) is 9.93. The van der Waals surface area contributed by atoms with Gasteiger partial charge in [-0.25, -0.2) is 12.7 Å². The highest BCUT2D eigenvalue weighted by Crippen LogP contribution is 2.33. The molecule has 0 unspecified atom stereocenters. The van der Waals surface area contributed by atoms with Crippen LogP contribution in [0.25, 0.3) is 0 Å². The van der Waals surface area contributed by atoms with Gasteiger partial charge in [-0.1, -0.05) is 36.4 Å². The first-order valence-electron chi connectivity index (χ1n) is 6.40. The summed E-state index contributed by atoms with van der Waals surface area (Å²) in [7, 11) is -0.521. The second-order valence-electron chi connectivity index (χ2n) is 4.73. The van der Waals surface area contributed by atoms with Crippen LogP contribution in [0.3, 0.4) is 0 Å². The van der Waals surface area contributed by atoms with Crippen LogP contribution in [-0.2, 0) is 15.8 Å². The first-order valence-corrected chi connectivity index (χ1v) is 8.83. The molecule has 0 heterocycles. The second-order valence-corrected chi connectivity index (χ2v) is 7.87. The number of hydrogen-bond acceptors (Lipinski definition) is 4. The number of nitrogens with two attached hydrogens (primary N) is 1. The SMILES string of the molecule is CN(C)S(=O)(=O)c1cccc(SCc2ccccc2)c1N. The zero-order chi connectivity index (χ0) is 15.5. The van der Waals surface area contributed by atoms with E-state index in [-0.39, 0.29) is 4.90 Å². The third-order valence-electron chi connectivity index (χ3n) is 3.02. The topological polar surface area (TPSA) is 63.4 Å². The summed E-state index contributed by atoms with van der Waals surface area (Å²) in [5, 5.41) is 0. The molecule has 0 atom stereocenters. The highest BCUT2D eigenvalue weighted by molar-refractivity contribution is 7.98. The number of nitrogens with zero attached hydrogens (tertiary/aromatic N) is 1. The van der Waals surface area contributed by atoms with Gasteiger partial charge >= 0.3 is 0 Å². The molecular formula is C15H18N2O2S2. The minimum absolute atomic E-state index is 0.158. The van der Waals surface area contributed by atoms with Crippen molar-refractivity contribution in [2.75, 3.05) is 19.8 Å². The number of nitrogen functional groups attached to an aromatic ring is 1. The van der Waals surface area contributed by atoms with Gasteiger partial charge in [0, 0.05) is 24.7 Å². The van der Waals surface area contributed by atoms with E-state index in [1.165, 1.54) is 41.8 Å². The standard InChI is InChI=1S/C15H18N2O2S2/c1-17(2)21(18,19)14-10-6-9-13(15(14)16)20-11-12-7-4-3-5-8-12/h3-10H,11,16H2,1-2H3. The number of sulfonamides is 1. The highest BCUT2D eigenvalue weighted by atomic mass is 32.2. The van der Waals surface area contributed by atoms with Crippen LogP contribution in [0.2, 0.25) is 0 Å². The Morgan fingerprint density at radius 2 is 1.71 bits per heavy atom. The molecule has 0 aromatic heterocycles. The molecule has 2 aromatic rings. The summed E-state index contributed by atoms with van der Waals surface area (Å²) >= 11 is 1.53. The summed E-state index contributed by atoms with van der Waals surface area (Å²) in [6.45, 7) is 0. The Morgan fingerprint density at radius 1 is 1.05 bits per heavy atom. The molecule has 0 fully saturated rings. The molecule has 112 valence electrons. The van der Waals surface area contributed by atoms with Gasteiger partial charge in [-0.3, -0.25) is 0 Å². The zero-order valence-corrected chi connectivity index (χ0v) is 13.6. The van der Waals surface area contributed by atoms with E-state index >= 15 is 0 Å². The molecule has 0 amide bonds. The lowest BCUT2D eigenvalue weighted by atomic mass is 10.2. The monoisotopic (exact) mass is 322 g/mol. The van der Waals surface area contributed by atoms with Gasteiger partial charge in [0.25, 0.3) is 0 Å². The Balaban J connectivity index is 2.27. The number of rotatable bonds is 5. The van der Waals surface area contributed by atoms with Gasteiger partial charge in [0.2, 0.25) is 10.0 Å². The highest BCUT2D eigenvalue weighted by Gasteiger charge is 2.21. The quantitative estimate of drug-likeness (QED) is 0.679. The fourth-order valence-electron chi connectivity index (χ4n) is 1.81. The van der Waals surface area contributed by atoms with Crippen molar-refractivity contribution in [3.8, 4) is 0 Å². The van der Waals surface area contributed by atoms with Gasteiger partial charge in [-0.15, -0.1) is 11.8 Å². The zero-order valence-electron chi connectivity index (χ0n) is 12.0. The van der Waals surface area contributed by atoms with E-state index in [2.05, 4.69) is 0 Å². The van der Waals surface area contributed by atoms with Crippen LogP contribution in [0.4, 0.5) is 5.69 Å². The number of benzene rings is 2. The van der Waals surface area contributed by atoms with Crippen LogP contribution in [0.15, 0.2) is 58.3 Å². The summed E-state index contributed by atoms with van der Waals surface area (Å²) in [4.78, 5) is 0.937. The maximum Gasteiger partial charge on any atom is 0.244 e. The van der Waals surface area contributed by atoms with Crippen LogP contribution in [0.5, 0.6) is 0 Å². The van der Waals surface area contributed by atoms with Crippen LogP contribution in [-0.4, -0.2) is 26.8 Å². The van der Waals surface area contributed by atoms with Gasteiger partial charge in [-0.2, -0.15) is 0 Å². The van der Waals surface area contributed by atoms with Crippen LogP contribution >= 0.6 is 11.8 Å². The van der Waals surface area contributed by atoms with Crippen molar-refractivity contribution in [2.45, 2.75) is 15.5 Å². The molecule has 2 aromatic carbocycles. The Hall–Kier alpha value is -1.50. The van der Waals surface area contributed by atoms with E-state index in [1.54, 1.807) is 6.07 Å². The molecule has 21 heavy (non-hydrogen) atoms. The Morgan fingerprint density at radius 3 is 2.33 bits per heavy atom. The summed E-state index contributed by atoms with van der Waals surface area (Å²) in [6, 6.07) is 15.1. The molecule has 6 heteroatoms. The summed E-state index contributed by atoms with van der Waals surface area (Å²) in [6.07, 6.45) is 0. The molecule has 2 N–H and O–H groups in total. The Bertz CT molecular complexity index is 714. The number of anilines is 1. The second kappa shape index (κ2) is 6.51. The lowest BCUT2D eigenvalue weighted by Gasteiger charge is -2.15. The average Bonchev–Trinajstić information content (AvgIpc) is 2.47. The Labute approximate surface area is 130 Å². The molecule has 0 aliphatic heterocycles. The molecule has 0 radical (unpaired) electrons. The van der Waals surface area contributed by atoms with Gasteiger partial charge in [0.05, 0.1) is 5.69 Å². The minimum atomic E-state index is -3.52. The van der Waals surface area contributed by atoms with Crippen LogP contribution in [0, 0.1) is 0 Å². The molecular weight excluding hydrogens is 304 g/mol. The summed E-state index contributed by atoms with van der Waals surface area (Å²) in [5.41, 5.74) is 7.53. The number of para-hydroxylation sites is 1. The smallest absolute Gasteiger partial charge is 0.244 e. The maximum atomic E-state index is 12.2. The average molecular weight is 322 g/mol. The molecule has 0 aliphatic carbocycles. The van der Waals surface area contributed by atoms with Crippen molar-refractivity contribution in [1.82, 2.24) is 4.31 Å². The lowest BCUT2D eigenvalue weighted by Crippen LogP contribution is -2.23. The van der Waals surface area contributed by atoms with Gasteiger partial charge in [-0.05, 0) is 17.7 Å². The molecule has 0 aliphatic rings. The van der Waals surface area contributed by atoms with Gasteiger partial charge in [0.15, 0.2) is 0 Å². The fraction of sp³-hybridized carbons (Fsp3) is 0.200. The maximum absolute atomic E-state index is 12.2. The predicted octanol–water partition coefficient (Wildman–Crippen LogP) is 2.81. The minimum Gasteiger partial charge on any atom is -0.397 e. The third-order valence-corrected chi connectivity index (χ3v) is 6.04. The van der Waals surface area contributed by atoms with Crippen molar-refractivity contribution in [1.29, 1.82) is 0 Å². The Kier molecular flexibility index (Phi) is 4.92. The summed E-state index contributed by atoms with van der Waals surface area (Å²) in [5.74, 6) is 0.747. The first kappa shape index (κ1) is 15.9. The van der Waals surface area contributed by atoms with Crippen molar-refractivity contribution in [3.63, 3.8) is 0 Å². The van der Waals surface area contributed by atoms with E-state index < -0.39 is 10.0 Å². The normalized spacial score (nSPS) is 11.8. The lowest BCUT2D eigenvalue weighted by molar-refractivity contribution is 0.521. The van der Waals surface area contributed by atoms with E-state index in [0.717, 1.165) is 10.6 Å². The third kappa shape index (κ3) is 3.58. The predicted molar refractivity (Wildman–Crippen MR) is 87.7 cm³/mol. The number of thioether (sulfide) groups is 1. The van der Waals surface area contributed by atoms with Crippen molar-refractivity contribution >= 4 is 27.5 Å². The summed E-state index contributed by atoms with van der Waals surface area (Å²) < 4.78 is 25.6. The van der Waals surface area contributed by atoms with E-state index in [9.17, 15) is 8.42 Å². The molecule has 0 bridgehead atoms. The molecule has 2 rings (SSSR count). The molecule has 0 saturated carbocycles. The molecule has 0 saturated heterocycles. The van der Waals surface area contributed by atoms with Gasteiger partial charge in [0.1, 0.15) is 4.90 Å². The fourth-order valence-corrected chi connectivity index (χ4v) is 3.86.